The maximum absolute atomic E-state index is 4.95. The smallest absolute Gasteiger partial charge is 0.125 e. The van der Waals surface area contributed by atoms with E-state index in [-0.39, 0.29) is 0 Å². The van der Waals surface area contributed by atoms with Crippen LogP contribution >= 0.6 is 11.3 Å². The monoisotopic (exact) mass is 415 g/mol. The van der Waals surface area contributed by atoms with E-state index in [1.807, 2.05) is 36.8 Å². The Bertz CT molecular complexity index is 1500. The van der Waals surface area contributed by atoms with Gasteiger partial charge in [-0.3, -0.25) is 9.97 Å². The molecule has 0 spiro atoms. The third kappa shape index (κ3) is 3.18. The van der Waals surface area contributed by atoms with E-state index in [4.69, 9.17) is 4.98 Å². The summed E-state index contributed by atoms with van der Waals surface area (Å²) in [5.41, 5.74) is 6.60. The van der Waals surface area contributed by atoms with Gasteiger partial charge in [-0.25, -0.2) is 4.98 Å². The summed E-state index contributed by atoms with van der Waals surface area (Å²) in [7, 11) is 0. The first-order valence-electron chi connectivity index (χ1n) is 10.1. The lowest BCUT2D eigenvalue weighted by molar-refractivity contribution is 1.33. The molecule has 0 unspecified atom stereocenters. The Morgan fingerprint density at radius 1 is 0.613 bits per heavy atom. The molecule has 3 aromatic heterocycles. The molecule has 0 saturated heterocycles. The molecule has 0 amide bonds. The minimum Gasteiger partial charge on any atom is -0.264 e. The second kappa shape index (κ2) is 7.42. The summed E-state index contributed by atoms with van der Waals surface area (Å²) in [6.45, 7) is 0. The van der Waals surface area contributed by atoms with Gasteiger partial charge < -0.3 is 0 Å². The molecule has 6 rings (SSSR count). The van der Waals surface area contributed by atoms with Crippen LogP contribution in [0.1, 0.15) is 0 Å². The van der Waals surface area contributed by atoms with Gasteiger partial charge in [0, 0.05) is 46.9 Å². The van der Waals surface area contributed by atoms with Crippen molar-refractivity contribution in [3.8, 4) is 32.8 Å². The first kappa shape index (κ1) is 17.9. The Morgan fingerprint density at radius 3 is 2.42 bits per heavy atom. The van der Waals surface area contributed by atoms with Crippen LogP contribution in [0.4, 0.5) is 0 Å². The van der Waals surface area contributed by atoms with Crippen molar-refractivity contribution in [1.29, 1.82) is 0 Å². The number of rotatable bonds is 3. The van der Waals surface area contributed by atoms with Crippen LogP contribution in [0.3, 0.4) is 0 Å². The summed E-state index contributed by atoms with van der Waals surface area (Å²) in [5, 5.41) is 3.34. The number of pyridine rings is 2. The summed E-state index contributed by atoms with van der Waals surface area (Å²) in [5.74, 6) is 0. The van der Waals surface area contributed by atoms with Gasteiger partial charge in [-0.1, -0.05) is 54.6 Å². The zero-order valence-corrected chi connectivity index (χ0v) is 17.4. The molecule has 3 heterocycles. The van der Waals surface area contributed by atoms with Gasteiger partial charge >= 0.3 is 0 Å². The van der Waals surface area contributed by atoms with Gasteiger partial charge in [0.1, 0.15) is 5.01 Å². The van der Waals surface area contributed by atoms with Crippen molar-refractivity contribution in [2.75, 3.05) is 0 Å². The van der Waals surface area contributed by atoms with Crippen LogP contribution < -0.4 is 0 Å². The number of nitrogens with zero attached hydrogens (tertiary/aromatic N) is 3. The fraction of sp³-hybridized carbons (Fsp3) is 0. The Hall–Kier alpha value is -3.89. The standard InChI is InChI=1S/C27H17N3S/c1-2-8-21-19(6-1)16-29-17-24(21)18-11-12-22(20-7-5-13-28-15-20)23(14-18)27-30-25-9-3-4-10-26(25)31-27/h1-17H. The third-order valence-electron chi connectivity index (χ3n) is 5.50. The highest BCUT2D eigenvalue weighted by atomic mass is 32.1. The van der Waals surface area contributed by atoms with Crippen LogP contribution in [0.15, 0.2) is 104 Å². The van der Waals surface area contributed by atoms with Gasteiger partial charge in [-0.05, 0) is 40.8 Å². The molecule has 0 aliphatic heterocycles. The van der Waals surface area contributed by atoms with Crippen LogP contribution in [0.5, 0.6) is 0 Å². The predicted octanol–water partition coefficient (Wildman–Crippen LogP) is 7.24. The van der Waals surface area contributed by atoms with Gasteiger partial charge in [0.05, 0.1) is 10.2 Å². The average molecular weight is 416 g/mol. The number of aromatic nitrogens is 3. The second-order valence-corrected chi connectivity index (χ2v) is 8.43. The molecule has 6 aromatic rings. The molecule has 0 radical (unpaired) electrons. The molecule has 0 atom stereocenters. The summed E-state index contributed by atoms with van der Waals surface area (Å²) in [4.78, 5) is 13.8. The number of fused-ring (bicyclic) bond motifs is 2. The second-order valence-electron chi connectivity index (χ2n) is 7.40. The topological polar surface area (TPSA) is 38.7 Å². The lowest BCUT2D eigenvalue weighted by Gasteiger charge is -2.12. The number of thiazole rings is 1. The van der Waals surface area contributed by atoms with E-state index in [2.05, 4.69) is 70.6 Å². The fourth-order valence-electron chi connectivity index (χ4n) is 4.00. The van der Waals surface area contributed by atoms with Crippen molar-refractivity contribution in [1.82, 2.24) is 15.0 Å². The molecule has 3 nitrogen and oxygen atoms in total. The summed E-state index contributed by atoms with van der Waals surface area (Å²) < 4.78 is 1.19. The van der Waals surface area contributed by atoms with E-state index in [0.29, 0.717) is 0 Å². The van der Waals surface area contributed by atoms with Gasteiger partial charge in [-0.15, -0.1) is 11.3 Å². The Morgan fingerprint density at radius 2 is 1.52 bits per heavy atom. The number of benzene rings is 3. The zero-order chi connectivity index (χ0) is 20.6. The van der Waals surface area contributed by atoms with Crippen molar-refractivity contribution >= 4 is 32.3 Å². The van der Waals surface area contributed by atoms with Crippen LogP contribution in [0.2, 0.25) is 0 Å². The van der Waals surface area contributed by atoms with Crippen LogP contribution in [-0.2, 0) is 0 Å². The molecule has 3 aromatic carbocycles. The fourth-order valence-corrected chi connectivity index (χ4v) is 4.99. The maximum atomic E-state index is 4.95. The molecule has 0 aliphatic carbocycles. The SMILES string of the molecule is c1cncc(-c2ccc(-c3cncc4ccccc34)cc2-c2nc3ccccc3s2)c1. The third-order valence-corrected chi connectivity index (χ3v) is 6.57. The molecule has 146 valence electrons. The Labute approximate surface area is 183 Å². The Balaban J connectivity index is 1.61. The largest absolute Gasteiger partial charge is 0.264 e. The Kier molecular flexibility index (Phi) is 4.29. The molecule has 0 saturated carbocycles. The van der Waals surface area contributed by atoms with Crippen molar-refractivity contribution in [3.63, 3.8) is 0 Å². The van der Waals surface area contributed by atoms with Crippen molar-refractivity contribution in [2.45, 2.75) is 0 Å². The normalized spacial score (nSPS) is 11.2. The van der Waals surface area contributed by atoms with E-state index in [1.54, 1.807) is 17.5 Å². The van der Waals surface area contributed by atoms with Crippen LogP contribution in [-0.4, -0.2) is 15.0 Å². The lowest BCUT2D eigenvalue weighted by atomic mass is 9.94. The van der Waals surface area contributed by atoms with Crippen LogP contribution in [0, 0.1) is 0 Å². The molecule has 0 fully saturated rings. The first-order valence-corrected chi connectivity index (χ1v) is 10.9. The summed E-state index contributed by atoms with van der Waals surface area (Å²) in [6, 6.07) is 27.3. The molecular formula is C27H17N3S. The number of para-hydroxylation sites is 1. The number of hydrogen-bond donors (Lipinski definition) is 0. The molecule has 0 bridgehead atoms. The quantitative estimate of drug-likeness (QED) is 0.306. The highest BCUT2D eigenvalue weighted by Gasteiger charge is 2.15. The van der Waals surface area contributed by atoms with Crippen molar-refractivity contribution in [2.24, 2.45) is 0 Å². The van der Waals surface area contributed by atoms with E-state index >= 15 is 0 Å². The highest BCUT2D eigenvalue weighted by Crippen LogP contribution is 2.39. The predicted molar refractivity (Wildman–Crippen MR) is 129 cm³/mol. The molecule has 0 N–H and O–H groups in total. The van der Waals surface area contributed by atoms with Gasteiger partial charge in [-0.2, -0.15) is 0 Å². The summed E-state index contributed by atoms with van der Waals surface area (Å²) in [6.07, 6.45) is 7.57. The van der Waals surface area contributed by atoms with Gasteiger partial charge in [0.2, 0.25) is 0 Å². The van der Waals surface area contributed by atoms with Crippen LogP contribution in [0.25, 0.3) is 53.8 Å². The van der Waals surface area contributed by atoms with Gasteiger partial charge in [0.25, 0.3) is 0 Å². The molecule has 0 aliphatic rings. The summed E-state index contributed by atoms with van der Waals surface area (Å²) >= 11 is 1.72. The minimum atomic E-state index is 1.01. The average Bonchev–Trinajstić information content (AvgIpc) is 3.28. The minimum absolute atomic E-state index is 1.01. The van der Waals surface area contributed by atoms with E-state index in [1.165, 1.54) is 10.1 Å². The molecule has 31 heavy (non-hydrogen) atoms. The number of hydrogen-bond acceptors (Lipinski definition) is 4. The van der Waals surface area contributed by atoms with Crippen molar-refractivity contribution < 1.29 is 0 Å². The van der Waals surface area contributed by atoms with E-state index in [9.17, 15) is 0 Å². The lowest BCUT2D eigenvalue weighted by Crippen LogP contribution is -1.89. The highest BCUT2D eigenvalue weighted by molar-refractivity contribution is 7.21. The molecular weight excluding hydrogens is 398 g/mol. The van der Waals surface area contributed by atoms with Crippen molar-refractivity contribution in [3.05, 3.63) is 104 Å². The first-order chi connectivity index (χ1) is 15.4. The maximum Gasteiger partial charge on any atom is 0.125 e. The zero-order valence-electron chi connectivity index (χ0n) is 16.6. The van der Waals surface area contributed by atoms with Gasteiger partial charge in [0.15, 0.2) is 0 Å². The van der Waals surface area contributed by atoms with E-state index < -0.39 is 0 Å². The van der Waals surface area contributed by atoms with E-state index in [0.717, 1.165) is 43.7 Å². The molecule has 4 heteroatoms.